The van der Waals surface area contributed by atoms with E-state index in [0.717, 1.165) is 35.9 Å². The Morgan fingerprint density at radius 3 is 3.04 bits per heavy atom. The van der Waals surface area contributed by atoms with E-state index in [4.69, 9.17) is 16.3 Å². The van der Waals surface area contributed by atoms with Crippen molar-refractivity contribution in [3.8, 4) is 11.3 Å². The Kier molecular flexibility index (Phi) is 3.80. The van der Waals surface area contributed by atoms with Crippen molar-refractivity contribution in [1.82, 2.24) is 19.7 Å². The largest absolute Gasteiger partial charge is 0.465 e. The van der Waals surface area contributed by atoms with Gasteiger partial charge in [-0.2, -0.15) is 5.10 Å². The Labute approximate surface area is 164 Å². The van der Waals surface area contributed by atoms with Crippen molar-refractivity contribution in [2.45, 2.75) is 25.3 Å². The summed E-state index contributed by atoms with van der Waals surface area (Å²) in [5, 5.41) is 8.21. The number of aryl methyl sites for hydroxylation is 1. The van der Waals surface area contributed by atoms with Crippen LogP contribution in [0, 0.1) is 0 Å². The summed E-state index contributed by atoms with van der Waals surface area (Å²) in [6, 6.07) is 5.84. The Balaban J connectivity index is 1.74. The van der Waals surface area contributed by atoms with Gasteiger partial charge >= 0.3 is 5.97 Å². The number of halogens is 1. The fourth-order valence-electron chi connectivity index (χ4n) is 4.22. The number of hydrogen-bond donors (Lipinski definition) is 2. The van der Waals surface area contributed by atoms with Gasteiger partial charge in [0.05, 0.1) is 29.3 Å². The molecule has 1 aromatic heterocycles. The number of nitrogens with zero attached hydrogens (tertiary/aromatic N) is 2. The lowest BCUT2D eigenvalue weighted by Gasteiger charge is -2.26. The van der Waals surface area contributed by atoms with Crippen molar-refractivity contribution in [2.24, 2.45) is 0 Å². The van der Waals surface area contributed by atoms with Crippen LogP contribution in [0.2, 0.25) is 5.02 Å². The van der Waals surface area contributed by atoms with Crippen molar-refractivity contribution in [3.05, 3.63) is 62.8 Å². The van der Waals surface area contributed by atoms with Crippen LogP contribution in [0.1, 0.15) is 40.5 Å². The normalized spacial score (nSPS) is 16.4. The lowest BCUT2D eigenvalue weighted by Crippen LogP contribution is -2.20. The highest BCUT2D eigenvalue weighted by Crippen LogP contribution is 2.39. The minimum absolute atomic E-state index is 0.0469. The van der Waals surface area contributed by atoms with Crippen LogP contribution in [0.5, 0.6) is 0 Å². The maximum Gasteiger partial charge on any atom is 0.341 e. The van der Waals surface area contributed by atoms with Crippen LogP contribution in [0.4, 0.5) is 0 Å². The first-order valence-corrected chi connectivity index (χ1v) is 9.43. The molecule has 8 heteroatoms. The number of aromatic nitrogens is 4. The Morgan fingerprint density at radius 2 is 2.21 bits per heavy atom. The van der Waals surface area contributed by atoms with E-state index < -0.39 is 5.97 Å². The number of nitrogens with one attached hydrogen (secondary N) is 2. The number of esters is 1. The molecule has 2 aliphatic heterocycles. The van der Waals surface area contributed by atoms with E-state index in [2.05, 4.69) is 21.2 Å². The van der Waals surface area contributed by atoms with Crippen LogP contribution in [-0.2, 0) is 11.2 Å². The molecule has 0 radical (unpaired) electrons. The molecule has 28 heavy (non-hydrogen) atoms. The molecule has 1 aromatic carbocycles. The molecular weight excluding hydrogens is 380 g/mol. The number of hydrogen-bond acceptors (Lipinski definition) is 4. The summed E-state index contributed by atoms with van der Waals surface area (Å²) in [7, 11) is 1.31. The fourth-order valence-corrected chi connectivity index (χ4v) is 4.44. The minimum Gasteiger partial charge on any atom is -0.465 e. The fraction of sp³-hybridized carbons (Fsp3) is 0.250. The first-order valence-electron chi connectivity index (χ1n) is 9.05. The number of rotatable bonds is 2. The molecule has 2 N–H and O–H groups in total. The number of H-pyrrole nitrogens is 2. The van der Waals surface area contributed by atoms with Crippen molar-refractivity contribution in [2.75, 3.05) is 7.11 Å². The number of pyridine rings is 1. The molecule has 1 aliphatic carbocycles. The van der Waals surface area contributed by atoms with Crippen molar-refractivity contribution >= 4 is 28.5 Å². The zero-order valence-corrected chi connectivity index (χ0v) is 15.8. The number of para-hydroxylation sites is 1. The molecule has 3 aliphatic rings. The standard InChI is InChI=1S/C20H17ClN4O3/c1-28-20(27)13-9-25(8-12-16(13)23-24-19(12)26)15-7-3-5-11-10-4-2-6-14(21)17(10)22-18(11)15/h2,4,6,8-9,15,22H,3,5,7H2,1H3,(H,24,26)/t15-/m0/s1. The first kappa shape index (κ1) is 17.1. The first-order chi connectivity index (χ1) is 13.6. The van der Waals surface area contributed by atoms with E-state index in [9.17, 15) is 9.59 Å². The molecule has 0 saturated carbocycles. The van der Waals surface area contributed by atoms with Gasteiger partial charge in [0, 0.05) is 23.5 Å². The second kappa shape index (κ2) is 6.24. The predicted molar refractivity (Wildman–Crippen MR) is 105 cm³/mol. The molecule has 7 nitrogen and oxygen atoms in total. The molecule has 2 aromatic rings. The maximum absolute atomic E-state index is 12.3. The molecule has 0 saturated heterocycles. The maximum atomic E-state index is 12.3. The third-order valence-electron chi connectivity index (χ3n) is 5.51. The second-order valence-corrected chi connectivity index (χ2v) is 7.42. The molecule has 0 fully saturated rings. The molecule has 0 amide bonds. The zero-order valence-electron chi connectivity index (χ0n) is 15.1. The van der Waals surface area contributed by atoms with Gasteiger partial charge in [-0.05, 0) is 30.9 Å². The average molecular weight is 397 g/mol. The molecule has 1 atom stereocenters. The van der Waals surface area contributed by atoms with E-state index in [1.54, 1.807) is 12.4 Å². The van der Waals surface area contributed by atoms with Gasteiger partial charge in [0.2, 0.25) is 0 Å². The quantitative estimate of drug-likeness (QED) is 0.507. The number of benzene rings is 1. The Bertz CT molecular complexity index is 1250. The summed E-state index contributed by atoms with van der Waals surface area (Å²) < 4.78 is 6.81. The van der Waals surface area contributed by atoms with Crippen LogP contribution in [0.25, 0.3) is 22.2 Å². The highest BCUT2D eigenvalue weighted by Gasteiger charge is 2.29. The summed E-state index contributed by atoms with van der Waals surface area (Å²) in [4.78, 5) is 28.0. The summed E-state index contributed by atoms with van der Waals surface area (Å²) in [6.45, 7) is 0. The van der Waals surface area contributed by atoms with Crippen molar-refractivity contribution < 1.29 is 9.53 Å². The Morgan fingerprint density at radius 1 is 1.36 bits per heavy atom. The molecular formula is C20H17ClN4O3. The lowest BCUT2D eigenvalue weighted by molar-refractivity contribution is 0.0600. The van der Waals surface area contributed by atoms with E-state index in [1.165, 1.54) is 12.7 Å². The van der Waals surface area contributed by atoms with Gasteiger partial charge < -0.3 is 14.3 Å². The third kappa shape index (κ3) is 2.39. The van der Waals surface area contributed by atoms with E-state index >= 15 is 0 Å². The van der Waals surface area contributed by atoms with Gasteiger partial charge in [0.25, 0.3) is 5.56 Å². The van der Waals surface area contributed by atoms with Gasteiger partial charge in [-0.1, -0.05) is 23.7 Å². The molecule has 5 rings (SSSR count). The molecule has 142 valence electrons. The third-order valence-corrected chi connectivity index (χ3v) is 5.82. The monoisotopic (exact) mass is 396 g/mol. The smallest absolute Gasteiger partial charge is 0.341 e. The van der Waals surface area contributed by atoms with Crippen molar-refractivity contribution in [1.29, 1.82) is 0 Å². The lowest BCUT2D eigenvalue weighted by atomic mass is 9.91. The number of fused-ring (bicyclic) bond motifs is 4. The summed E-state index contributed by atoms with van der Waals surface area (Å²) in [5.74, 6) is -0.526. The Hall–Kier alpha value is -3.06. The van der Waals surface area contributed by atoms with Gasteiger partial charge in [0.15, 0.2) is 0 Å². The van der Waals surface area contributed by atoms with Crippen LogP contribution in [-0.4, -0.2) is 32.8 Å². The summed E-state index contributed by atoms with van der Waals surface area (Å²) in [6.07, 6.45) is 6.28. The van der Waals surface area contributed by atoms with Gasteiger partial charge in [-0.25, -0.2) is 9.89 Å². The zero-order chi connectivity index (χ0) is 19.4. The van der Waals surface area contributed by atoms with E-state index in [1.807, 2.05) is 16.7 Å². The van der Waals surface area contributed by atoms with Crippen LogP contribution in [0.3, 0.4) is 0 Å². The number of carbonyl (C=O) groups is 1. The number of ether oxygens (including phenoxy) is 1. The predicted octanol–water partition coefficient (Wildman–Crippen LogP) is 3.52. The van der Waals surface area contributed by atoms with Crippen molar-refractivity contribution in [3.63, 3.8) is 0 Å². The second-order valence-electron chi connectivity index (χ2n) is 7.01. The highest BCUT2D eigenvalue weighted by molar-refractivity contribution is 6.35. The van der Waals surface area contributed by atoms with Crippen LogP contribution in [0.15, 0.2) is 35.4 Å². The van der Waals surface area contributed by atoms with Crippen LogP contribution < -0.4 is 5.56 Å². The average Bonchev–Trinajstić information content (AvgIpc) is 3.28. The SMILES string of the molecule is COC(=O)c1cn([C@H]2CCCc3c2[nH]c2c(Cl)cccc32)cc2c(=O)[nH]nc1-2. The molecule has 0 unspecified atom stereocenters. The van der Waals surface area contributed by atoms with Gasteiger partial charge in [0.1, 0.15) is 11.3 Å². The molecule has 0 spiro atoms. The van der Waals surface area contributed by atoms with E-state index in [0.29, 0.717) is 16.3 Å². The highest BCUT2D eigenvalue weighted by atomic mass is 35.5. The summed E-state index contributed by atoms with van der Waals surface area (Å²) >= 11 is 6.39. The number of methoxy groups -OCH3 is 1. The topological polar surface area (TPSA) is 92.8 Å². The van der Waals surface area contributed by atoms with E-state index in [-0.39, 0.29) is 17.2 Å². The molecule has 3 heterocycles. The number of aromatic amines is 2. The molecule has 0 bridgehead atoms. The number of carbonyl (C=O) groups excluding carboxylic acids is 1. The minimum atomic E-state index is -0.526. The van der Waals surface area contributed by atoms with Gasteiger partial charge in [-0.15, -0.1) is 0 Å². The van der Waals surface area contributed by atoms with Crippen LogP contribution >= 0.6 is 11.6 Å². The summed E-state index contributed by atoms with van der Waals surface area (Å²) in [5.41, 5.74) is 3.84. The van der Waals surface area contributed by atoms with Gasteiger partial charge in [-0.3, -0.25) is 4.79 Å².